The molecule has 1 unspecified atom stereocenters. The molecule has 0 saturated carbocycles. The molecule has 0 aromatic heterocycles. The fraction of sp³-hybridized carbons (Fsp3) is 1.00. The molecular weight excluding hydrogens is 114 g/mol. The highest BCUT2D eigenvalue weighted by Crippen LogP contribution is 2.26. The Kier molecular flexibility index (Phi) is 2.82. The maximum Gasteiger partial charge on any atom is 0.0942 e. The third-order valence-corrected chi connectivity index (χ3v) is 2.20. The van der Waals surface area contributed by atoms with E-state index in [9.17, 15) is 4.91 Å². The summed E-state index contributed by atoms with van der Waals surface area (Å²) in [5.74, 6) is 0. The molecule has 0 bridgehead atoms. The van der Waals surface area contributed by atoms with E-state index < -0.39 is 0 Å². The maximum atomic E-state index is 10.1. The first-order chi connectivity index (χ1) is 4.04. The molecule has 0 amide bonds. The Balaban J connectivity index is 3.95. The lowest BCUT2D eigenvalue weighted by Gasteiger charge is -2.24. The first-order valence-corrected chi connectivity index (χ1v) is 3.37. The minimum Gasteiger partial charge on any atom is -0.151 e. The van der Waals surface area contributed by atoms with E-state index in [2.05, 4.69) is 25.9 Å². The molecule has 9 heavy (non-hydrogen) atoms. The molecule has 54 valence electrons. The summed E-state index contributed by atoms with van der Waals surface area (Å²) < 4.78 is 0. The molecule has 0 spiro atoms. The van der Waals surface area contributed by atoms with E-state index in [4.69, 9.17) is 0 Å². The van der Waals surface area contributed by atoms with Crippen molar-refractivity contribution in [2.45, 2.75) is 40.2 Å². The molecule has 0 saturated heterocycles. The third-order valence-electron chi connectivity index (χ3n) is 2.20. The topological polar surface area (TPSA) is 29.4 Å². The van der Waals surface area contributed by atoms with Crippen LogP contribution in [-0.4, -0.2) is 6.04 Å². The SMILES string of the molecule is CCC(C)(C)C(C)N=O. The molecule has 2 nitrogen and oxygen atoms in total. The van der Waals surface area contributed by atoms with Crippen LogP contribution in [-0.2, 0) is 0 Å². The van der Waals surface area contributed by atoms with Crippen LogP contribution in [0.4, 0.5) is 0 Å². The molecule has 0 aliphatic carbocycles. The zero-order chi connectivity index (χ0) is 7.49. The maximum absolute atomic E-state index is 10.1. The van der Waals surface area contributed by atoms with Crippen molar-refractivity contribution >= 4 is 0 Å². The summed E-state index contributed by atoms with van der Waals surface area (Å²) in [5.41, 5.74) is 0.0712. The molecule has 0 aromatic carbocycles. The summed E-state index contributed by atoms with van der Waals surface area (Å²) in [6, 6.07) is -0.0671. The van der Waals surface area contributed by atoms with Crippen molar-refractivity contribution in [3.63, 3.8) is 0 Å². The second-order valence-electron chi connectivity index (χ2n) is 3.12. The van der Waals surface area contributed by atoms with Gasteiger partial charge in [-0.1, -0.05) is 25.9 Å². The first kappa shape index (κ1) is 8.60. The van der Waals surface area contributed by atoms with Crippen LogP contribution < -0.4 is 0 Å². The van der Waals surface area contributed by atoms with E-state index in [1.165, 1.54) is 0 Å². The Bertz CT molecular complexity index is 99.1. The predicted molar refractivity (Wildman–Crippen MR) is 39.3 cm³/mol. The van der Waals surface area contributed by atoms with E-state index in [1.807, 2.05) is 6.92 Å². The fourth-order valence-electron chi connectivity index (χ4n) is 0.438. The average Bonchev–Trinajstić information content (AvgIpc) is 1.86. The van der Waals surface area contributed by atoms with Crippen molar-refractivity contribution in [1.82, 2.24) is 0 Å². The molecule has 0 aromatic rings. The average molecular weight is 129 g/mol. The minimum absolute atomic E-state index is 0.0671. The van der Waals surface area contributed by atoms with Gasteiger partial charge in [-0.05, 0) is 18.8 Å². The van der Waals surface area contributed by atoms with Gasteiger partial charge in [-0.15, -0.1) is 0 Å². The van der Waals surface area contributed by atoms with Crippen LogP contribution in [0.15, 0.2) is 5.18 Å². The predicted octanol–water partition coefficient (Wildman–Crippen LogP) is 2.58. The third kappa shape index (κ3) is 2.12. The Morgan fingerprint density at radius 1 is 1.56 bits per heavy atom. The second-order valence-corrected chi connectivity index (χ2v) is 3.12. The molecule has 1 atom stereocenters. The first-order valence-electron chi connectivity index (χ1n) is 3.37. The molecule has 0 aliphatic heterocycles. The Morgan fingerprint density at radius 3 is 2.11 bits per heavy atom. The number of nitroso groups, excluding NO2 is 1. The summed E-state index contributed by atoms with van der Waals surface area (Å²) in [4.78, 5) is 10.1. The number of rotatable bonds is 3. The van der Waals surface area contributed by atoms with Gasteiger partial charge >= 0.3 is 0 Å². The van der Waals surface area contributed by atoms with Crippen molar-refractivity contribution in [1.29, 1.82) is 0 Å². The van der Waals surface area contributed by atoms with Gasteiger partial charge in [0.1, 0.15) is 0 Å². The summed E-state index contributed by atoms with van der Waals surface area (Å²) >= 11 is 0. The minimum atomic E-state index is -0.0671. The van der Waals surface area contributed by atoms with E-state index in [1.54, 1.807) is 0 Å². The van der Waals surface area contributed by atoms with E-state index in [0.29, 0.717) is 0 Å². The van der Waals surface area contributed by atoms with Gasteiger partial charge in [0.05, 0.1) is 6.04 Å². The van der Waals surface area contributed by atoms with Crippen LogP contribution in [0, 0.1) is 10.3 Å². The van der Waals surface area contributed by atoms with Crippen LogP contribution in [0.3, 0.4) is 0 Å². The largest absolute Gasteiger partial charge is 0.151 e. The summed E-state index contributed by atoms with van der Waals surface area (Å²) in [6.45, 7) is 8.04. The number of nitrogens with zero attached hydrogens (tertiary/aromatic N) is 1. The number of hydrogen-bond acceptors (Lipinski definition) is 2. The quantitative estimate of drug-likeness (QED) is 0.538. The van der Waals surface area contributed by atoms with Gasteiger partial charge in [-0.2, -0.15) is 4.91 Å². The molecule has 0 fully saturated rings. The van der Waals surface area contributed by atoms with Gasteiger partial charge in [0, 0.05) is 0 Å². The van der Waals surface area contributed by atoms with E-state index in [-0.39, 0.29) is 11.5 Å². The lowest BCUT2D eigenvalue weighted by atomic mass is 9.83. The van der Waals surface area contributed by atoms with Gasteiger partial charge in [-0.3, -0.25) is 0 Å². The molecule has 0 rings (SSSR count). The molecule has 0 radical (unpaired) electrons. The van der Waals surface area contributed by atoms with Crippen LogP contribution >= 0.6 is 0 Å². The van der Waals surface area contributed by atoms with E-state index >= 15 is 0 Å². The summed E-state index contributed by atoms with van der Waals surface area (Å²) in [5, 5.41) is 2.98. The van der Waals surface area contributed by atoms with E-state index in [0.717, 1.165) is 6.42 Å². The van der Waals surface area contributed by atoms with Crippen molar-refractivity contribution in [3.8, 4) is 0 Å². The molecule has 2 heteroatoms. The van der Waals surface area contributed by atoms with Crippen LogP contribution in [0.1, 0.15) is 34.1 Å². The summed E-state index contributed by atoms with van der Waals surface area (Å²) in [7, 11) is 0. The highest BCUT2D eigenvalue weighted by atomic mass is 16.3. The zero-order valence-electron chi connectivity index (χ0n) is 6.64. The number of hydrogen-bond donors (Lipinski definition) is 0. The Morgan fingerprint density at radius 2 is 2.00 bits per heavy atom. The smallest absolute Gasteiger partial charge is 0.0942 e. The molecular formula is C7H15NO. The molecule has 0 heterocycles. The zero-order valence-corrected chi connectivity index (χ0v) is 6.64. The van der Waals surface area contributed by atoms with Gasteiger partial charge in [0.15, 0.2) is 0 Å². The van der Waals surface area contributed by atoms with Crippen LogP contribution in [0.25, 0.3) is 0 Å². The van der Waals surface area contributed by atoms with Crippen LogP contribution in [0.5, 0.6) is 0 Å². The van der Waals surface area contributed by atoms with Crippen molar-refractivity contribution in [2.24, 2.45) is 10.6 Å². The summed E-state index contributed by atoms with van der Waals surface area (Å²) in [6.07, 6.45) is 1.000. The van der Waals surface area contributed by atoms with Crippen molar-refractivity contribution < 1.29 is 0 Å². The van der Waals surface area contributed by atoms with Crippen LogP contribution in [0.2, 0.25) is 0 Å². The lowest BCUT2D eigenvalue weighted by molar-refractivity contribution is 0.290. The standard InChI is InChI=1S/C7H15NO/c1-5-7(3,4)6(2)8-9/h6H,5H2,1-4H3. The fourth-order valence-corrected chi connectivity index (χ4v) is 0.438. The normalized spacial score (nSPS) is 15.1. The van der Waals surface area contributed by atoms with Gasteiger partial charge < -0.3 is 0 Å². The van der Waals surface area contributed by atoms with Crippen molar-refractivity contribution in [3.05, 3.63) is 4.91 Å². The molecule has 0 N–H and O–H groups in total. The Hall–Kier alpha value is -0.400. The van der Waals surface area contributed by atoms with Gasteiger partial charge in [0.25, 0.3) is 0 Å². The molecule has 0 aliphatic rings. The van der Waals surface area contributed by atoms with Crippen molar-refractivity contribution in [2.75, 3.05) is 0 Å². The lowest BCUT2D eigenvalue weighted by Crippen LogP contribution is -2.23. The van der Waals surface area contributed by atoms with Gasteiger partial charge in [-0.25, -0.2) is 0 Å². The monoisotopic (exact) mass is 129 g/mol. The second kappa shape index (κ2) is 2.95. The highest BCUT2D eigenvalue weighted by molar-refractivity contribution is 4.78. The van der Waals surface area contributed by atoms with Gasteiger partial charge in [0.2, 0.25) is 0 Å². The highest BCUT2D eigenvalue weighted by Gasteiger charge is 2.23. The Labute approximate surface area is 56.6 Å².